The Balaban J connectivity index is 0. The van der Waals surface area contributed by atoms with E-state index in [1.54, 1.807) is 0 Å². The maximum atomic E-state index is 10.9. The third-order valence-electron chi connectivity index (χ3n) is 1.79. The molecule has 13 heavy (non-hydrogen) atoms. The molecule has 0 spiro atoms. The monoisotopic (exact) mass is 189 g/mol. The number of hydrogen-bond donors (Lipinski definition) is 1. The molecule has 0 aromatic carbocycles. The van der Waals surface area contributed by atoms with E-state index < -0.39 is 0 Å². The van der Waals surface area contributed by atoms with Crippen molar-refractivity contribution in [1.82, 2.24) is 6.15 Å². The first kappa shape index (κ1) is 14.9. The van der Waals surface area contributed by atoms with Gasteiger partial charge in [0.05, 0.1) is 6.61 Å². The minimum atomic E-state index is -0.0472. The Kier molecular flexibility index (Phi) is 13.1. The summed E-state index contributed by atoms with van der Waals surface area (Å²) >= 11 is 0. The van der Waals surface area contributed by atoms with Gasteiger partial charge in [0, 0.05) is 6.42 Å². The van der Waals surface area contributed by atoms with Crippen LogP contribution in [-0.2, 0) is 9.53 Å². The highest BCUT2D eigenvalue weighted by Gasteiger charge is 1.99. The summed E-state index contributed by atoms with van der Waals surface area (Å²) in [4.78, 5) is 10.9. The van der Waals surface area contributed by atoms with Crippen LogP contribution < -0.4 is 6.15 Å². The number of unbranched alkanes of at least 4 members (excludes halogenated alkanes) is 4. The highest BCUT2D eigenvalue weighted by Crippen LogP contribution is 2.05. The van der Waals surface area contributed by atoms with Crippen molar-refractivity contribution in [1.29, 1.82) is 0 Å². The van der Waals surface area contributed by atoms with Gasteiger partial charge in [-0.1, -0.05) is 32.6 Å². The van der Waals surface area contributed by atoms with Gasteiger partial charge in [-0.2, -0.15) is 0 Å². The van der Waals surface area contributed by atoms with Gasteiger partial charge in [-0.05, 0) is 13.3 Å². The summed E-state index contributed by atoms with van der Waals surface area (Å²) in [6.07, 6.45) is 6.52. The van der Waals surface area contributed by atoms with E-state index in [1.165, 1.54) is 19.3 Å². The van der Waals surface area contributed by atoms with Crippen LogP contribution in [0.4, 0.5) is 0 Å². The molecule has 0 atom stereocenters. The van der Waals surface area contributed by atoms with Gasteiger partial charge in [-0.3, -0.25) is 4.79 Å². The van der Waals surface area contributed by atoms with Crippen molar-refractivity contribution >= 4 is 5.97 Å². The van der Waals surface area contributed by atoms with Gasteiger partial charge >= 0.3 is 5.97 Å². The number of carbonyl (C=O) groups excluding carboxylic acids is 1. The van der Waals surface area contributed by atoms with E-state index in [9.17, 15) is 4.79 Å². The molecule has 0 fully saturated rings. The molecule has 0 saturated heterocycles. The van der Waals surface area contributed by atoms with E-state index in [0.717, 1.165) is 12.8 Å². The number of carbonyl (C=O) groups is 1. The third-order valence-corrected chi connectivity index (χ3v) is 1.79. The van der Waals surface area contributed by atoms with Crippen LogP contribution >= 0.6 is 0 Å². The summed E-state index contributed by atoms with van der Waals surface area (Å²) in [7, 11) is 0. The summed E-state index contributed by atoms with van der Waals surface area (Å²) in [5, 5.41) is 0. The summed E-state index contributed by atoms with van der Waals surface area (Å²) in [6.45, 7) is 4.54. The van der Waals surface area contributed by atoms with E-state index in [1.807, 2.05) is 6.92 Å². The van der Waals surface area contributed by atoms with Gasteiger partial charge in [-0.25, -0.2) is 0 Å². The third kappa shape index (κ3) is 11.4. The first-order valence-electron chi connectivity index (χ1n) is 4.96. The molecule has 3 heteroatoms. The van der Waals surface area contributed by atoms with Gasteiger partial charge < -0.3 is 10.9 Å². The minimum Gasteiger partial charge on any atom is -0.466 e. The van der Waals surface area contributed by atoms with Crippen LogP contribution in [0.15, 0.2) is 0 Å². The van der Waals surface area contributed by atoms with E-state index in [4.69, 9.17) is 4.74 Å². The average molecular weight is 189 g/mol. The summed E-state index contributed by atoms with van der Waals surface area (Å²) in [5.41, 5.74) is 0. The molecule has 0 bridgehead atoms. The molecular weight excluding hydrogens is 166 g/mol. The van der Waals surface area contributed by atoms with E-state index in [0.29, 0.717) is 13.0 Å². The van der Waals surface area contributed by atoms with Crippen molar-refractivity contribution in [3.05, 3.63) is 0 Å². The van der Waals surface area contributed by atoms with E-state index in [2.05, 4.69) is 6.92 Å². The maximum absolute atomic E-state index is 10.9. The first-order valence-corrected chi connectivity index (χ1v) is 4.96. The quantitative estimate of drug-likeness (QED) is 0.494. The average Bonchev–Trinajstić information content (AvgIpc) is 2.05. The zero-order valence-electron chi connectivity index (χ0n) is 8.97. The van der Waals surface area contributed by atoms with Crippen molar-refractivity contribution in [3.63, 3.8) is 0 Å². The number of hydrogen-bond acceptors (Lipinski definition) is 3. The Bertz CT molecular complexity index is 115. The maximum Gasteiger partial charge on any atom is 0.305 e. The predicted octanol–water partition coefficient (Wildman–Crippen LogP) is 3.07. The molecule has 0 heterocycles. The lowest BCUT2D eigenvalue weighted by Crippen LogP contribution is -2.02. The molecule has 0 amide bonds. The van der Waals surface area contributed by atoms with Crippen molar-refractivity contribution < 1.29 is 9.53 Å². The molecule has 3 N–H and O–H groups in total. The van der Waals surface area contributed by atoms with Crippen LogP contribution in [0.25, 0.3) is 0 Å². The second kappa shape index (κ2) is 11.4. The molecule has 3 nitrogen and oxygen atoms in total. The van der Waals surface area contributed by atoms with Crippen molar-refractivity contribution in [3.8, 4) is 0 Å². The Morgan fingerprint density at radius 3 is 2.23 bits per heavy atom. The van der Waals surface area contributed by atoms with Crippen LogP contribution in [-0.4, -0.2) is 12.6 Å². The summed E-state index contributed by atoms with van der Waals surface area (Å²) in [6, 6.07) is 0. The summed E-state index contributed by atoms with van der Waals surface area (Å²) in [5.74, 6) is -0.0472. The van der Waals surface area contributed by atoms with Gasteiger partial charge in [-0.15, -0.1) is 0 Å². The molecular formula is C10H23NO2. The predicted molar refractivity (Wildman–Crippen MR) is 55.0 cm³/mol. The van der Waals surface area contributed by atoms with E-state index in [-0.39, 0.29) is 12.1 Å². The lowest BCUT2D eigenvalue weighted by Gasteiger charge is -2.00. The van der Waals surface area contributed by atoms with Gasteiger partial charge in [0.15, 0.2) is 0 Å². The standard InChI is InChI=1S/C10H20O2.H3N/c1-3-5-6-7-8-9-10(11)12-4-2;/h3-9H2,1-2H3;1H3. The van der Waals surface area contributed by atoms with Crippen molar-refractivity contribution in [2.45, 2.75) is 52.4 Å². The minimum absolute atomic E-state index is 0. The SMILES string of the molecule is CCCCCCCC(=O)OCC.N. The lowest BCUT2D eigenvalue weighted by atomic mass is 10.1. The zero-order chi connectivity index (χ0) is 9.23. The Hall–Kier alpha value is -0.570. The van der Waals surface area contributed by atoms with Crippen molar-refractivity contribution in [2.75, 3.05) is 6.61 Å². The second-order valence-corrected chi connectivity index (χ2v) is 2.97. The number of rotatable bonds is 7. The smallest absolute Gasteiger partial charge is 0.305 e. The molecule has 0 radical (unpaired) electrons. The van der Waals surface area contributed by atoms with Crippen molar-refractivity contribution in [2.24, 2.45) is 0 Å². The molecule has 80 valence electrons. The molecule has 0 aliphatic rings. The lowest BCUT2D eigenvalue weighted by molar-refractivity contribution is -0.143. The van der Waals surface area contributed by atoms with Gasteiger partial charge in [0.2, 0.25) is 0 Å². The fourth-order valence-electron chi connectivity index (χ4n) is 1.11. The molecule has 0 aliphatic carbocycles. The van der Waals surface area contributed by atoms with Crippen LogP contribution in [0.5, 0.6) is 0 Å². The van der Waals surface area contributed by atoms with Crippen LogP contribution in [0, 0.1) is 0 Å². The highest BCUT2D eigenvalue weighted by molar-refractivity contribution is 5.69. The first-order chi connectivity index (χ1) is 5.81. The largest absolute Gasteiger partial charge is 0.466 e. The molecule has 0 saturated carbocycles. The molecule has 0 aromatic heterocycles. The Morgan fingerprint density at radius 2 is 1.69 bits per heavy atom. The fourth-order valence-corrected chi connectivity index (χ4v) is 1.11. The van der Waals surface area contributed by atoms with Crippen LogP contribution in [0.2, 0.25) is 0 Å². The highest BCUT2D eigenvalue weighted by atomic mass is 16.5. The zero-order valence-corrected chi connectivity index (χ0v) is 8.97. The second-order valence-electron chi connectivity index (χ2n) is 2.97. The molecule has 0 aromatic rings. The fraction of sp³-hybridized carbons (Fsp3) is 0.900. The van der Waals surface area contributed by atoms with Crippen LogP contribution in [0.1, 0.15) is 52.4 Å². The van der Waals surface area contributed by atoms with E-state index >= 15 is 0 Å². The topological polar surface area (TPSA) is 61.3 Å². The number of esters is 1. The van der Waals surface area contributed by atoms with Gasteiger partial charge in [0.25, 0.3) is 0 Å². The molecule has 0 rings (SSSR count). The van der Waals surface area contributed by atoms with Gasteiger partial charge in [0.1, 0.15) is 0 Å². The van der Waals surface area contributed by atoms with Crippen LogP contribution in [0.3, 0.4) is 0 Å². The normalized spacial score (nSPS) is 9.08. The Labute approximate surface area is 81.4 Å². The molecule has 0 unspecified atom stereocenters. The Morgan fingerprint density at radius 1 is 1.08 bits per heavy atom. The summed E-state index contributed by atoms with van der Waals surface area (Å²) < 4.78 is 4.81. The molecule has 0 aliphatic heterocycles. The number of ether oxygens (including phenoxy) is 1.